The Hall–Kier alpha value is -1.65. The maximum Gasteiger partial charge on any atom is 0.417 e. The minimum absolute atomic E-state index is 0.109. The van der Waals surface area contributed by atoms with Crippen molar-refractivity contribution >= 4 is 16.7 Å². The molecular formula is C9H7F3N2. The van der Waals surface area contributed by atoms with E-state index in [9.17, 15) is 13.2 Å². The van der Waals surface area contributed by atoms with Gasteiger partial charge in [-0.25, -0.2) is 0 Å². The number of rotatable bonds is 0. The van der Waals surface area contributed by atoms with Gasteiger partial charge in [-0.3, -0.25) is 0 Å². The molecule has 1 aromatic carbocycles. The summed E-state index contributed by atoms with van der Waals surface area (Å²) < 4.78 is 37.4. The quantitative estimate of drug-likeness (QED) is 0.674. The van der Waals surface area contributed by atoms with Gasteiger partial charge in [0.15, 0.2) is 0 Å². The molecule has 0 aliphatic carbocycles. The third-order valence-corrected chi connectivity index (χ3v) is 1.99. The number of alkyl halides is 3. The molecule has 0 fully saturated rings. The average Bonchev–Trinajstić information content (AvgIpc) is 2.41. The molecule has 0 bridgehead atoms. The number of fused-ring (bicyclic) bond motifs is 1. The van der Waals surface area contributed by atoms with Gasteiger partial charge in [0.1, 0.15) is 5.82 Å². The first kappa shape index (κ1) is 8.93. The second-order valence-corrected chi connectivity index (χ2v) is 2.99. The van der Waals surface area contributed by atoms with E-state index in [0.29, 0.717) is 5.52 Å². The minimum Gasteiger partial charge on any atom is -0.385 e. The largest absolute Gasteiger partial charge is 0.417 e. The monoisotopic (exact) mass is 200 g/mol. The third kappa shape index (κ3) is 1.30. The summed E-state index contributed by atoms with van der Waals surface area (Å²) in [6.45, 7) is 0. The zero-order chi connectivity index (χ0) is 10.3. The second-order valence-electron chi connectivity index (χ2n) is 2.99. The number of nitrogen functional groups attached to an aromatic ring is 1. The van der Waals surface area contributed by atoms with Crippen LogP contribution in [0.5, 0.6) is 0 Å². The number of aromatic amines is 1. The fourth-order valence-electron chi connectivity index (χ4n) is 1.42. The number of benzene rings is 1. The summed E-state index contributed by atoms with van der Waals surface area (Å²) in [7, 11) is 0. The fourth-order valence-corrected chi connectivity index (χ4v) is 1.42. The van der Waals surface area contributed by atoms with E-state index in [2.05, 4.69) is 4.98 Å². The van der Waals surface area contributed by atoms with Gasteiger partial charge in [-0.1, -0.05) is 6.07 Å². The van der Waals surface area contributed by atoms with Crippen LogP contribution in [0.1, 0.15) is 5.56 Å². The van der Waals surface area contributed by atoms with Crippen LogP contribution in [-0.2, 0) is 6.18 Å². The van der Waals surface area contributed by atoms with Gasteiger partial charge in [0.2, 0.25) is 0 Å². The molecule has 0 saturated carbocycles. The van der Waals surface area contributed by atoms with Crippen molar-refractivity contribution in [3.05, 3.63) is 29.8 Å². The van der Waals surface area contributed by atoms with Crippen LogP contribution in [0, 0.1) is 0 Å². The first-order valence-corrected chi connectivity index (χ1v) is 3.93. The summed E-state index contributed by atoms with van der Waals surface area (Å²) >= 11 is 0. The lowest BCUT2D eigenvalue weighted by Crippen LogP contribution is -2.04. The lowest BCUT2D eigenvalue weighted by molar-refractivity contribution is -0.136. The van der Waals surface area contributed by atoms with Gasteiger partial charge in [0.05, 0.1) is 5.56 Å². The van der Waals surface area contributed by atoms with Crippen LogP contribution in [0.3, 0.4) is 0 Å². The number of nitrogens with one attached hydrogen (secondary N) is 1. The van der Waals surface area contributed by atoms with Crippen molar-refractivity contribution in [3.8, 4) is 0 Å². The Balaban J connectivity index is 2.77. The van der Waals surface area contributed by atoms with E-state index in [1.807, 2.05) is 0 Å². The van der Waals surface area contributed by atoms with Gasteiger partial charge in [0.25, 0.3) is 0 Å². The smallest absolute Gasteiger partial charge is 0.385 e. The molecule has 0 atom stereocenters. The molecule has 14 heavy (non-hydrogen) atoms. The van der Waals surface area contributed by atoms with Crippen molar-refractivity contribution in [3.63, 3.8) is 0 Å². The highest BCUT2D eigenvalue weighted by atomic mass is 19.4. The van der Waals surface area contributed by atoms with Gasteiger partial charge < -0.3 is 10.7 Å². The number of H-pyrrole nitrogens is 1. The minimum atomic E-state index is -4.34. The number of hydrogen-bond donors (Lipinski definition) is 2. The van der Waals surface area contributed by atoms with Gasteiger partial charge >= 0.3 is 6.18 Å². The number of hydrogen-bond acceptors (Lipinski definition) is 1. The van der Waals surface area contributed by atoms with Crippen molar-refractivity contribution in [2.24, 2.45) is 0 Å². The number of anilines is 1. The van der Waals surface area contributed by atoms with Gasteiger partial charge in [-0.15, -0.1) is 0 Å². The van der Waals surface area contributed by atoms with Crippen LogP contribution in [0.15, 0.2) is 24.3 Å². The van der Waals surface area contributed by atoms with E-state index in [1.165, 1.54) is 12.1 Å². The lowest BCUT2D eigenvalue weighted by atomic mass is 10.1. The molecule has 74 valence electrons. The molecule has 3 N–H and O–H groups in total. The molecule has 0 amide bonds. The van der Waals surface area contributed by atoms with E-state index in [0.717, 1.165) is 6.07 Å². The summed E-state index contributed by atoms with van der Waals surface area (Å²) in [5.74, 6) is 0.233. The SMILES string of the molecule is Nc1cc2c(C(F)(F)F)cccc2[nH]1. The summed E-state index contributed by atoms with van der Waals surface area (Å²) in [4.78, 5) is 2.65. The Morgan fingerprint density at radius 1 is 1.21 bits per heavy atom. The van der Waals surface area contributed by atoms with E-state index >= 15 is 0 Å². The normalized spacial score (nSPS) is 12.2. The Kier molecular flexibility index (Phi) is 1.70. The van der Waals surface area contributed by atoms with E-state index in [4.69, 9.17) is 5.73 Å². The standard InChI is InChI=1S/C9H7F3N2/c10-9(11,12)6-2-1-3-7-5(6)4-8(13)14-7/h1-4,14H,13H2. The fraction of sp³-hybridized carbons (Fsp3) is 0.111. The molecule has 5 heteroatoms. The van der Waals surface area contributed by atoms with E-state index in [1.54, 1.807) is 6.07 Å². The maximum atomic E-state index is 12.5. The zero-order valence-corrected chi connectivity index (χ0v) is 7.02. The Bertz CT molecular complexity index is 470. The Morgan fingerprint density at radius 2 is 1.93 bits per heavy atom. The predicted molar refractivity (Wildman–Crippen MR) is 47.7 cm³/mol. The van der Waals surface area contributed by atoms with E-state index in [-0.39, 0.29) is 11.2 Å². The molecule has 1 heterocycles. The van der Waals surface area contributed by atoms with Crippen molar-refractivity contribution in [2.45, 2.75) is 6.18 Å². The number of aromatic nitrogens is 1. The zero-order valence-electron chi connectivity index (χ0n) is 7.02. The van der Waals surface area contributed by atoms with Gasteiger partial charge in [-0.05, 0) is 18.2 Å². The van der Waals surface area contributed by atoms with Crippen LogP contribution in [0.25, 0.3) is 10.9 Å². The number of halogens is 3. The summed E-state index contributed by atoms with van der Waals surface area (Å²) in [5, 5.41) is 0.109. The van der Waals surface area contributed by atoms with Crippen molar-refractivity contribution in [2.75, 3.05) is 5.73 Å². The second kappa shape index (κ2) is 2.67. The Morgan fingerprint density at radius 3 is 2.57 bits per heavy atom. The highest BCUT2D eigenvalue weighted by Gasteiger charge is 2.32. The Labute approximate surface area is 77.5 Å². The number of nitrogens with two attached hydrogens (primary N) is 1. The van der Waals surface area contributed by atoms with Crippen LogP contribution in [0.2, 0.25) is 0 Å². The molecule has 0 aliphatic heterocycles. The maximum absolute atomic E-state index is 12.5. The first-order chi connectivity index (χ1) is 6.48. The first-order valence-electron chi connectivity index (χ1n) is 3.93. The predicted octanol–water partition coefficient (Wildman–Crippen LogP) is 2.77. The molecule has 0 radical (unpaired) electrons. The van der Waals surface area contributed by atoms with E-state index < -0.39 is 11.7 Å². The molecular weight excluding hydrogens is 193 g/mol. The molecule has 1 aromatic heterocycles. The highest BCUT2D eigenvalue weighted by molar-refractivity contribution is 5.86. The molecule has 0 saturated heterocycles. The van der Waals surface area contributed by atoms with Crippen molar-refractivity contribution in [1.29, 1.82) is 0 Å². The summed E-state index contributed by atoms with van der Waals surface area (Å²) in [6.07, 6.45) is -4.34. The molecule has 0 spiro atoms. The highest BCUT2D eigenvalue weighted by Crippen LogP contribution is 2.35. The third-order valence-electron chi connectivity index (χ3n) is 1.99. The van der Waals surface area contributed by atoms with Gasteiger partial charge in [-0.2, -0.15) is 13.2 Å². The van der Waals surface area contributed by atoms with Crippen LogP contribution >= 0.6 is 0 Å². The molecule has 2 nitrogen and oxygen atoms in total. The molecule has 0 unspecified atom stereocenters. The van der Waals surface area contributed by atoms with Crippen LogP contribution in [-0.4, -0.2) is 4.98 Å². The molecule has 2 aromatic rings. The lowest BCUT2D eigenvalue weighted by Gasteiger charge is -2.06. The van der Waals surface area contributed by atoms with Crippen molar-refractivity contribution < 1.29 is 13.2 Å². The molecule has 2 rings (SSSR count). The average molecular weight is 200 g/mol. The van der Waals surface area contributed by atoms with Crippen molar-refractivity contribution in [1.82, 2.24) is 4.98 Å². The van der Waals surface area contributed by atoms with Crippen LogP contribution in [0.4, 0.5) is 19.0 Å². The summed E-state index contributed by atoms with van der Waals surface area (Å²) in [5.41, 5.74) is 5.12. The van der Waals surface area contributed by atoms with Gasteiger partial charge in [0, 0.05) is 10.9 Å². The summed E-state index contributed by atoms with van der Waals surface area (Å²) in [6, 6.07) is 5.23. The topological polar surface area (TPSA) is 41.8 Å². The molecule has 0 aliphatic rings. The van der Waals surface area contributed by atoms with Crippen LogP contribution < -0.4 is 5.73 Å².